The number of hydrogen-bond donors (Lipinski definition) is 1. The highest BCUT2D eigenvalue weighted by molar-refractivity contribution is 7.13. The molecule has 1 N–H and O–H groups in total. The summed E-state index contributed by atoms with van der Waals surface area (Å²) in [4.78, 5) is 22.9. The zero-order valence-corrected chi connectivity index (χ0v) is 10.9. The highest BCUT2D eigenvalue weighted by atomic mass is 32.1. The first kappa shape index (κ1) is 12.7. The van der Waals surface area contributed by atoms with Crippen LogP contribution in [0.1, 0.15) is 15.2 Å². The maximum Gasteiger partial charge on any atom is 0.324 e. The summed E-state index contributed by atoms with van der Waals surface area (Å²) in [5.41, 5.74) is 0.345. The summed E-state index contributed by atoms with van der Waals surface area (Å²) in [7, 11) is 0. The molecule has 2 heterocycles. The number of hydrogen-bond acceptors (Lipinski definition) is 5. The molecule has 2 rings (SSSR count). The Morgan fingerprint density at radius 3 is 2.89 bits per heavy atom. The van der Waals surface area contributed by atoms with E-state index in [1.165, 1.54) is 16.3 Å². The molecule has 0 atom stereocenters. The lowest BCUT2D eigenvalue weighted by Gasteiger charge is -2.01. The molecule has 0 saturated carbocycles. The maximum absolute atomic E-state index is 11.7. The van der Waals surface area contributed by atoms with Crippen molar-refractivity contribution in [3.05, 3.63) is 49.5 Å². The first-order valence-electron chi connectivity index (χ1n) is 5.20. The van der Waals surface area contributed by atoms with E-state index in [1.807, 2.05) is 17.5 Å². The van der Waals surface area contributed by atoms with Crippen LogP contribution >= 0.6 is 22.7 Å². The largest absolute Gasteiger partial charge is 0.352 e. The van der Waals surface area contributed by atoms with E-state index in [-0.39, 0.29) is 10.9 Å². The average molecular weight is 282 g/mol. The molecule has 7 heteroatoms. The van der Waals surface area contributed by atoms with Gasteiger partial charge in [-0.15, -0.1) is 11.3 Å². The van der Waals surface area contributed by atoms with Gasteiger partial charge in [-0.3, -0.25) is 14.9 Å². The van der Waals surface area contributed by atoms with Crippen LogP contribution < -0.4 is 5.32 Å². The van der Waals surface area contributed by atoms with Crippen LogP contribution in [0.4, 0.5) is 5.00 Å². The Morgan fingerprint density at radius 2 is 2.28 bits per heavy atom. The van der Waals surface area contributed by atoms with Gasteiger partial charge in [0.1, 0.15) is 0 Å². The van der Waals surface area contributed by atoms with Crippen molar-refractivity contribution in [3.8, 4) is 0 Å². The van der Waals surface area contributed by atoms with Crippen molar-refractivity contribution in [3.63, 3.8) is 0 Å². The van der Waals surface area contributed by atoms with Crippen LogP contribution in [0.5, 0.6) is 0 Å². The lowest BCUT2D eigenvalue weighted by atomic mass is 10.3. The van der Waals surface area contributed by atoms with Gasteiger partial charge in [0.05, 0.1) is 10.5 Å². The Kier molecular flexibility index (Phi) is 4.06. The molecule has 0 aliphatic rings. The van der Waals surface area contributed by atoms with Crippen molar-refractivity contribution in [2.24, 2.45) is 0 Å². The highest BCUT2D eigenvalue weighted by Gasteiger charge is 2.14. The maximum atomic E-state index is 11.7. The van der Waals surface area contributed by atoms with Crippen LogP contribution in [0, 0.1) is 10.1 Å². The summed E-state index contributed by atoms with van der Waals surface area (Å²) in [5.74, 6) is -0.268. The Bertz CT molecular complexity index is 548. The first-order chi connectivity index (χ1) is 8.66. The van der Waals surface area contributed by atoms with E-state index in [2.05, 4.69) is 5.32 Å². The normalized spacial score (nSPS) is 10.2. The quantitative estimate of drug-likeness (QED) is 0.677. The zero-order valence-electron chi connectivity index (χ0n) is 9.29. The van der Waals surface area contributed by atoms with Gasteiger partial charge in [0.15, 0.2) is 0 Å². The Balaban J connectivity index is 1.85. The van der Waals surface area contributed by atoms with Crippen molar-refractivity contribution in [2.45, 2.75) is 6.42 Å². The third-order valence-corrected chi connectivity index (χ3v) is 4.08. The van der Waals surface area contributed by atoms with Gasteiger partial charge in [0.25, 0.3) is 5.91 Å². The summed E-state index contributed by atoms with van der Waals surface area (Å²) in [6, 6.07) is 5.27. The lowest BCUT2D eigenvalue weighted by molar-refractivity contribution is -0.380. The smallest absolute Gasteiger partial charge is 0.324 e. The molecule has 1 amide bonds. The molecule has 94 valence electrons. The minimum atomic E-state index is -0.493. The third kappa shape index (κ3) is 3.14. The van der Waals surface area contributed by atoms with Crippen LogP contribution in [-0.4, -0.2) is 17.4 Å². The van der Waals surface area contributed by atoms with E-state index >= 15 is 0 Å². The second-order valence-corrected chi connectivity index (χ2v) is 5.44. The van der Waals surface area contributed by atoms with Gasteiger partial charge in [0, 0.05) is 22.9 Å². The predicted octanol–water partition coefficient (Wildman–Crippen LogP) is 2.69. The van der Waals surface area contributed by atoms with Crippen molar-refractivity contribution in [2.75, 3.05) is 6.54 Å². The SMILES string of the molecule is O=C(NCCc1cccs1)c1csc([N+](=O)[O-])c1. The molecule has 5 nitrogen and oxygen atoms in total. The third-order valence-electron chi connectivity index (χ3n) is 2.26. The second kappa shape index (κ2) is 5.74. The molecule has 0 fully saturated rings. The lowest BCUT2D eigenvalue weighted by Crippen LogP contribution is -2.24. The summed E-state index contributed by atoms with van der Waals surface area (Å²) < 4.78 is 0. The molecule has 0 unspecified atom stereocenters. The van der Waals surface area contributed by atoms with Crippen molar-refractivity contribution in [1.29, 1.82) is 0 Å². The van der Waals surface area contributed by atoms with Gasteiger partial charge in [-0.1, -0.05) is 17.4 Å². The summed E-state index contributed by atoms with van der Waals surface area (Å²) >= 11 is 2.60. The molecule has 18 heavy (non-hydrogen) atoms. The monoisotopic (exact) mass is 282 g/mol. The Labute approximate surface area is 111 Å². The standard InChI is InChI=1S/C11H10N2O3S2/c14-11(8-6-10(13(15)16)18-7-8)12-4-3-9-2-1-5-17-9/h1-2,5-7H,3-4H2,(H,12,14). The minimum Gasteiger partial charge on any atom is -0.352 e. The molecule has 0 saturated heterocycles. The van der Waals surface area contributed by atoms with Gasteiger partial charge in [-0.2, -0.15) is 0 Å². The van der Waals surface area contributed by atoms with Crippen LogP contribution in [0.25, 0.3) is 0 Å². The van der Waals surface area contributed by atoms with Crippen molar-refractivity contribution < 1.29 is 9.72 Å². The van der Waals surface area contributed by atoms with Crippen molar-refractivity contribution >= 4 is 33.6 Å². The van der Waals surface area contributed by atoms with E-state index < -0.39 is 4.92 Å². The molecular weight excluding hydrogens is 272 g/mol. The van der Waals surface area contributed by atoms with Gasteiger partial charge < -0.3 is 5.32 Å². The van der Waals surface area contributed by atoms with E-state index in [9.17, 15) is 14.9 Å². The molecule has 0 aliphatic carbocycles. The molecule has 0 aliphatic heterocycles. The molecular formula is C11H10N2O3S2. The highest BCUT2D eigenvalue weighted by Crippen LogP contribution is 2.22. The molecule has 0 radical (unpaired) electrons. The van der Waals surface area contributed by atoms with Crippen LogP contribution in [0.15, 0.2) is 29.0 Å². The van der Waals surface area contributed by atoms with Gasteiger partial charge >= 0.3 is 5.00 Å². The number of nitrogens with one attached hydrogen (secondary N) is 1. The molecule has 2 aromatic heterocycles. The van der Waals surface area contributed by atoms with Gasteiger partial charge in [0.2, 0.25) is 0 Å². The van der Waals surface area contributed by atoms with E-state index in [1.54, 1.807) is 11.3 Å². The predicted molar refractivity (Wildman–Crippen MR) is 71.3 cm³/mol. The Morgan fingerprint density at radius 1 is 1.44 bits per heavy atom. The average Bonchev–Trinajstić information content (AvgIpc) is 2.99. The van der Waals surface area contributed by atoms with Crippen LogP contribution in [-0.2, 0) is 6.42 Å². The minimum absolute atomic E-state index is 0.0154. The molecule has 0 spiro atoms. The molecule has 2 aromatic rings. The summed E-state index contributed by atoms with van der Waals surface area (Å²) in [5, 5.41) is 16.7. The van der Waals surface area contributed by atoms with E-state index in [0.29, 0.717) is 12.1 Å². The topological polar surface area (TPSA) is 72.2 Å². The summed E-state index contributed by atoms with van der Waals surface area (Å²) in [6.07, 6.45) is 0.773. The Hall–Kier alpha value is -1.73. The second-order valence-electron chi connectivity index (χ2n) is 3.52. The van der Waals surface area contributed by atoms with E-state index in [0.717, 1.165) is 17.8 Å². The number of nitro groups is 1. The number of rotatable bonds is 5. The van der Waals surface area contributed by atoms with Crippen LogP contribution in [0.2, 0.25) is 0 Å². The number of nitrogens with zero attached hydrogens (tertiary/aromatic N) is 1. The number of carbonyl (C=O) groups excluding carboxylic acids is 1. The summed E-state index contributed by atoms with van der Waals surface area (Å²) in [6.45, 7) is 0.531. The fraction of sp³-hybridized carbons (Fsp3) is 0.182. The van der Waals surface area contributed by atoms with Crippen LogP contribution in [0.3, 0.4) is 0 Å². The molecule has 0 aromatic carbocycles. The number of amides is 1. The fourth-order valence-corrected chi connectivity index (χ4v) is 2.81. The first-order valence-corrected chi connectivity index (χ1v) is 6.96. The van der Waals surface area contributed by atoms with E-state index in [4.69, 9.17) is 0 Å². The van der Waals surface area contributed by atoms with Gasteiger partial charge in [-0.05, 0) is 17.9 Å². The van der Waals surface area contributed by atoms with Crippen molar-refractivity contribution in [1.82, 2.24) is 5.32 Å². The fourth-order valence-electron chi connectivity index (χ4n) is 1.40. The zero-order chi connectivity index (χ0) is 13.0. The van der Waals surface area contributed by atoms with Gasteiger partial charge in [-0.25, -0.2) is 0 Å². The number of thiophene rings is 2. The molecule has 0 bridgehead atoms. The number of carbonyl (C=O) groups is 1.